The molecule has 0 bridgehead atoms. The summed E-state index contributed by atoms with van der Waals surface area (Å²) in [6, 6.07) is 0.939. The maximum atomic E-state index is 13.2. The third-order valence-electron chi connectivity index (χ3n) is 6.10. The van der Waals surface area contributed by atoms with E-state index in [0.29, 0.717) is 24.5 Å². The van der Waals surface area contributed by atoms with Crippen LogP contribution in [-0.2, 0) is 4.79 Å². The van der Waals surface area contributed by atoms with Gasteiger partial charge in [-0.15, -0.1) is 0 Å². The zero-order chi connectivity index (χ0) is 14.9. The van der Waals surface area contributed by atoms with Crippen LogP contribution in [0.5, 0.6) is 0 Å². The van der Waals surface area contributed by atoms with Crippen molar-refractivity contribution in [1.29, 1.82) is 0 Å². The minimum Gasteiger partial charge on any atom is -0.337 e. The number of nitrogens with two attached hydrogens (primary N) is 1. The molecule has 4 nitrogen and oxygen atoms in total. The normalized spacial score (nSPS) is 33.5. The molecule has 0 aromatic rings. The van der Waals surface area contributed by atoms with Crippen LogP contribution in [0.4, 0.5) is 0 Å². The van der Waals surface area contributed by atoms with Gasteiger partial charge in [0.1, 0.15) is 0 Å². The first kappa shape index (κ1) is 15.3. The van der Waals surface area contributed by atoms with E-state index >= 15 is 0 Å². The van der Waals surface area contributed by atoms with E-state index in [1.165, 1.54) is 45.1 Å². The van der Waals surface area contributed by atoms with Crippen LogP contribution in [0.1, 0.15) is 58.3 Å². The number of nitrogens with zero attached hydrogens (tertiary/aromatic N) is 2. The van der Waals surface area contributed by atoms with Gasteiger partial charge >= 0.3 is 0 Å². The molecule has 2 N–H and O–H groups in total. The van der Waals surface area contributed by atoms with Gasteiger partial charge in [0.2, 0.25) is 5.91 Å². The summed E-state index contributed by atoms with van der Waals surface area (Å²) in [5, 5.41) is 0. The first-order chi connectivity index (χ1) is 10.2. The molecule has 3 rings (SSSR count). The Morgan fingerprint density at radius 2 is 1.90 bits per heavy atom. The lowest BCUT2D eigenvalue weighted by molar-refractivity contribution is -0.150. The third-order valence-corrected chi connectivity index (χ3v) is 6.10. The molecule has 2 atom stereocenters. The summed E-state index contributed by atoms with van der Waals surface area (Å²) in [6.45, 7) is 5.96. The van der Waals surface area contributed by atoms with Crippen molar-refractivity contribution < 1.29 is 4.79 Å². The number of carbonyl (C=O) groups excluding carboxylic acids is 1. The number of piperidine rings is 1. The molecule has 1 amide bonds. The highest BCUT2D eigenvalue weighted by atomic mass is 16.2. The predicted octanol–water partition coefficient (Wildman–Crippen LogP) is 1.98. The van der Waals surface area contributed by atoms with Crippen LogP contribution >= 0.6 is 0 Å². The Kier molecular flexibility index (Phi) is 4.55. The number of amides is 1. The van der Waals surface area contributed by atoms with Gasteiger partial charge in [0, 0.05) is 31.7 Å². The zero-order valence-corrected chi connectivity index (χ0v) is 13.5. The van der Waals surface area contributed by atoms with E-state index in [1.807, 2.05) is 0 Å². The molecule has 21 heavy (non-hydrogen) atoms. The molecular formula is C17H31N3O. The molecule has 120 valence electrons. The highest BCUT2D eigenvalue weighted by molar-refractivity contribution is 5.83. The summed E-state index contributed by atoms with van der Waals surface area (Å²) in [5.41, 5.74) is 5.82. The Morgan fingerprint density at radius 3 is 2.62 bits per heavy atom. The van der Waals surface area contributed by atoms with Gasteiger partial charge < -0.3 is 10.6 Å². The van der Waals surface area contributed by atoms with Crippen LogP contribution in [0.3, 0.4) is 0 Å². The van der Waals surface area contributed by atoms with Crippen molar-refractivity contribution >= 4 is 5.91 Å². The fourth-order valence-electron chi connectivity index (χ4n) is 4.67. The number of fused-ring (bicyclic) bond motifs is 1. The standard InChI is InChI=1S/C17H31N3O/c1-14-11-19-10-6-3-7-15(19)12-20(14)16(21)17(13-18)8-4-2-5-9-17/h14-15H,2-13,18H2,1H3. The van der Waals surface area contributed by atoms with Gasteiger partial charge in [0.05, 0.1) is 5.41 Å². The molecule has 0 spiro atoms. The maximum absolute atomic E-state index is 13.2. The minimum atomic E-state index is -0.247. The minimum absolute atomic E-state index is 0.247. The van der Waals surface area contributed by atoms with Gasteiger partial charge in [-0.05, 0) is 39.2 Å². The second kappa shape index (κ2) is 6.25. The Labute approximate surface area is 129 Å². The lowest BCUT2D eigenvalue weighted by Crippen LogP contribution is -2.63. The molecule has 0 radical (unpaired) electrons. The molecule has 0 aromatic heterocycles. The van der Waals surface area contributed by atoms with E-state index in [4.69, 9.17) is 5.73 Å². The van der Waals surface area contributed by atoms with Crippen LogP contribution in [0.15, 0.2) is 0 Å². The van der Waals surface area contributed by atoms with E-state index in [-0.39, 0.29) is 5.41 Å². The van der Waals surface area contributed by atoms with Gasteiger partial charge in [-0.2, -0.15) is 0 Å². The summed E-state index contributed by atoms with van der Waals surface area (Å²) in [5.74, 6) is 0.363. The van der Waals surface area contributed by atoms with E-state index in [1.54, 1.807) is 0 Å². The van der Waals surface area contributed by atoms with Crippen molar-refractivity contribution in [1.82, 2.24) is 9.80 Å². The summed E-state index contributed by atoms with van der Waals surface area (Å²) in [7, 11) is 0. The second-order valence-corrected chi connectivity index (χ2v) is 7.50. The highest BCUT2D eigenvalue weighted by Gasteiger charge is 2.44. The van der Waals surface area contributed by atoms with Crippen molar-refractivity contribution in [2.45, 2.75) is 70.4 Å². The average molecular weight is 293 g/mol. The van der Waals surface area contributed by atoms with Crippen molar-refractivity contribution in [3.8, 4) is 0 Å². The lowest BCUT2D eigenvalue weighted by Gasteiger charge is -2.50. The van der Waals surface area contributed by atoms with Crippen molar-refractivity contribution in [3.05, 3.63) is 0 Å². The molecule has 2 saturated heterocycles. The number of hydrogen-bond acceptors (Lipinski definition) is 3. The quantitative estimate of drug-likeness (QED) is 0.847. The van der Waals surface area contributed by atoms with E-state index in [9.17, 15) is 4.79 Å². The first-order valence-electron chi connectivity index (χ1n) is 8.91. The Bertz CT molecular complexity index is 378. The van der Waals surface area contributed by atoms with Crippen molar-refractivity contribution in [2.24, 2.45) is 11.1 Å². The van der Waals surface area contributed by atoms with E-state index in [0.717, 1.165) is 25.9 Å². The number of carbonyl (C=O) groups is 1. The third kappa shape index (κ3) is 2.85. The van der Waals surface area contributed by atoms with Crippen LogP contribution in [-0.4, -0.2) is 54.0 Å². The molecule has 2 heterocycles. The molecule has 3 aliphatic rings. The topological polar surface area (TPSA) is 49.6 Å². The zero-order valence-electron chi connectivity index (χ0n) is 13.5. The highest BCUT2D eigenvalue weighted by Crippen LogP contribution is 2.38. The van der Waals surface area contributed by atoms with Gasteiger partial charge in [0.25, 0.3) is 0 Å². The summed E-state index contributed by atoms with van der Waals surface area (Å²) >= 11 is 0. The second-order valence-electron chi connectivity index (χ2n) is 7.50. The Hall–Kier alpha value is -0.610. The molecule has 3 fully saturated rings. The van der Waals surface area contributed by atoms with Gasteiger partial charge in [0.15, 0.2) is 0 Å². The average Bonchev–Trinajstić information content (AvgIpc) is 2.54. The van der Waals surface area contributed by atoms with Crippen LogP contribution < -0.4 is 5.73 Å². The fraction of sp³-hybridized carbons (Fsp3) is 0.941. The SMILES string of the molecule is CC1CN2CCCCC2CN1C(=O)C1(CN)CCCCC1. The Morgan fingerprint density at radius 1 is 1.14 bits per heavy atom. The van der Waals surface area contributed by atoms with Crippen molar-refractivity contribution in [3.63, 3.8) is 0 Å². The fourth-order valence-corrected chi connectivity index (χ4v) is 4.67. The van der Waals surface area contributed by atoms with Gasteiger partial charge in [-0.25, -0.2) is 0 Å². The van der Waals surface area contributed by atoms with Crippen molar-refractivity contribution in [2.75, 3.05) is 26.2 Å². The smallest absolute Gasteiger partial charge is 0.230 e. The largest absolute Gasteiger partial charge is 0.337 e. The molecule has 1 aliphatic carbocycles. The van der Waals surface area contributed by atoms with Crippen LogP contribution in [0.25, 0.3) is 0 Å². The summed E-state index contributed by atoms with van der Waals surface area (Å²) in [6.07, 6.45) is 9.50. The molecule has 2 unspecified atom stereocenters. The summed E-state index contributed by atoms with van der Waals surface area (Å²) in [4.78, 5) is 18.0. The molecule has 4 heteroatoms. The van der Waals surface area contributed by atoms with Gasteiger partial charge in [-0.1, -0.05) is 25.7 Å². The molecule has 1 saturated carbocycles. The van der Waals surface area contributed by atoms with Crippen LogP contribution in [0, 0.1) is 5.41 Å². The van der Waals surface area contributed by atoms with Gasteiger partial charge in [-0.3, -0.25) is 9.69 Å². The molecule has 2 aliphatic heterocycles. The molecular weight excluding hydrogens is 262 g/mol. The number of rotatable bonds is 2. The Balaban J connectivity index is 1.73. The van der Waals surface area contributed by atoms with E-state index < -0.39 is 0 Å². The van der Waals surface area contributed by atoms with Crippen LogP contribution in [0.2, 0.25) is 0 Å². The number of piperazine rings is 1. The van der Waals surface area contributed by atoms with E-state index in [2.05, 4.69) is 16.7 Å². The molecule has 0 aromatic carbocycles. The number of hydrogen-bond donors (Lipinski definition) is 1. The first-order valence-corrected chi connectivity index (χ1v) is 8.91. The maximum Gasteiger partial charge on any atom is 0.230 e. The lowest BCUT2D eigenvalue weighted by atomic mass is 9.72. The summed E-state index contributed by atoms with van der Waals surface area (Å²) < 4.78 is 0. The monoisotopic (exact) mass is 293 g/mol. The predicted molar refractivity (Wildman–Crippen MR) is 85.0 cm³/mol.